The van der Waals surface area contributed by atoms with Crippen molar-refractivity contribution >= 4 is 6.29 Å². The van der Waals surface area contributed by atoms with Crippen molar-refractivity contribution in [2.24, 2.45) is 5.92 Å². The molecule has 3 nitrogen and oxygen atoms in total. The van der Waals surface area contributed by atoms with Crippen LogP contribution in [0.2, 0.25) is 0 Å². The molecule has 1 rings (SSSR count). The first-order valence-electron chi connectivity index (χ1n) is 4.78. The monoisotopic (exact) mass is 193 g/mol. The van der Waals surface area contributed by atoms with Crippen LogP contribution in [0.3, 0.4) is 0 Å². The minimum Gasteiger partial charge on any atom is -0.492 e. The van der Waals surface area contributed by atoms with Crippen molar-refractivity contribution in [1.29, 1.82) is 0 Å². The van der Waals surface area contributed by atoms with Crippen molar-refractivity contribution in [3.63, 3.8) is 0 Å². The third kappa shape index (κ3) is 3.17. The van der Waals surface area contributed by atoms with Gasteiger partial charge in [-0.2, -0.15) is 0 Å². The van der Waals surface area contributed by atoms with Gasteiger partial charge in [0, 0.05) is 12.1 Å². The van der Waals surface area contributed by atoms with Crippen molar-refractivity contribution in [2.75, 3.05) is 6.61 Å². The summed E-state index contributed by atoms with van der Waals surface area (Å²) in [4.78, 5) is 14.5. The summed E-state index contributed by atoms with van der Waals surface area (Å²) in [6.45, 7) is 4.45. The van der Waals surface area contributed by atoms with E-state index in [4.69, 9.17) is 4.74 Å². The van der Waals surface area contributed by atoms with E-state index < -0.39 is 0 Å². The number of carbonyl (C=O) groups is 1. The molecule has 0 fully saturated rings. The lowest BCUT2D eigenvalue weighted by Gasteiger charge is -2.06. The Morgan fingerprint density at radius 3 is 3.00 bits per heavy atom. The van der Waals surface area contributed by atoms with Gasteiger partial charge in [0.05, 0.1) is 12.8 Å². The van der Waals surface area contributed by atoms with Gasteiger partial charge in [0.1, 0.15) is 12.0 Å². The summed E-state index contributed by atoms with van der Waals surface area (Å²) in [7, 11) is 0. The summed E-state index contributed by atoms with van der Waals surface area (Å²) < 4.78 is 5.31. The van der Waals surface area contributed by atoms with Crippen LogP contribution in [-0.4, -0.2) is 17.9 Å². The lowest BCUT2D eigenvalue weighted by Crippen LogP contribution is -2.01. The lowest BCUT2D eigenvalue weighted by atomic mass is 10.0. The highest BCUT2D eigenvalue weighted by Gasteiger charge is 2.03. The van der Waals surface area contributed by atoms with Crippen LogP contribution in [0.5, 0.6) is 5.75 Å². The Hall–Kier alpha value is -1.38. The summed E-state index contributed by atoms with van der Waals surface area (Å²) in [6.07, 6.45) is 5.12. The summed E-state index contributed by atoms with van der Waals surface area (Å²) in [5.74, 6) is 0.803. The first-order valence-corrected chi connectivity index (χ1v) is 4.78. The number of ether oxygens (including phenoxy) is 1. The molecule has 0 spiro atoms. The summed E-state index contributed by atoms with van der Waals surface area (Å²) in [5.41, 5.74) is 1.04. The molecule has 0 aromatic carbocycles. The number of pyridine rings is 1. The molecule has 0 aliphatic rings. The van der Waals surface area contributed by atoms with E-state index in [1.807, 2.05) is 19.9 Å². The van der Waals surface area contributed by atoms with Crippen LogP contribution in [0.25, 0.3) is 0 Å². The minimum absolute atomic E-state index is 0.0358. The first-order chi connectivity index (χ1) is 6.76. The van der Waals surface area contributed by atoms with E-state index >= 15 is 0 Å². The average molecular weight is 193 g/mol. The number of carbonyl (C=O) groups excluding carboxylic acids is 1. The van der Waals surface area contributed by atoms with Crippen LogP contribution in [0.1, 0.15) is 19.4 Å². The molecule has 0 saturated heterocycles. The second-order valence-corrected chi connectivity index (χ2v) is 3.28. The molecule has 0 radical (unpaired) electrons. The largest absolute Gasteiger partial charge is 0.492 e. The smallest absolute Gasteiger partial charge is 0.137 e. The molecule has 0 amide bonds. The van der Waals surface area contributed by atoms with Crippen molar-refractivity contribution in [2.45, 2.75) is 20.3 Å². The third-order valence-corrected chi connectivity index (χ3v) is 1.87. The van der Waals surface area contributed by atoms with Crippen molar-refractivity contribution in [1.82, 2.24) is 4.98 Å². The first kappa shape index (κ1) is 10.7. The molecule has 76 valence electrons. The van der Waals surface area contributed by atoms with E-state index in [0.29, 0.717) is 6.61 Å². The molecule has 0 bridgehead atoms. The van der Waals surface area contributed by atoms with E-state index in [9.17, 15) is 4.79 Å². The van der Waals surface area contributed by atoms with E-state index in [1.165, 1.54) is 0 Å². The van der Waals surface area contributed by atoms with Crippen molar-refractivity contribution < 1.29 is 9.53 Å². The normalized spacial score (nSPS) is 12.1. The highest BCUT2D eigenvalue weighted by molar-refractivity contribution is 5.53. The maximum Gasteiger partial charge on any atom is 0.137 e. The predicted molar refractivity (Wildman–Crippen MR) is 54.3 cm³/mol. The van der Waals surface area contributed by atoms with Gasteiger partial charge in [-0.05, 0) is 25.0 Å². The average Bonchev–Trinajstić information content (AvgIpc) is 2.19. The highest BCUT2D eigenvalue weighted by atomic mass is 16.5. The molecule has 1 aromatic heterocycles. The summed E-state index contributed by atoms with van der Waals surface area (Å²) >= 11 is 0. The fraction of sp³-hybridized carbons (Fsp3) is 0.455. The van der Waals surface area contributed by atoms with Gasteiger partial charge < -0.3 is 9.53 Å². The van der Waals surface area contributed by atoms with Gasteiger partial charge in [-0.25, -0.2) is 0 Å². The zero-order chi connectivity index (χ0) is 10.4. The number of aromatic nitrogens is 1. The molecule has 3 heteroatoms. The Balaban J connectivity index is 2.67. The predicted octanol–water partition coefficient (Wildman–Crippen LogP) is 1.86. The standard InChI is InChI=1S/C11H15NO2/c1-3-14-11-5-10(6-12-7-11)4-9(2)8-13/h5-9H,3-4H2,1-2H3. The topological polar surface area (TPSA) is 39.2 Å². The van der Waals surface area contributed by atoms with Crippen LogP contribution >= 0.6 is 0 Å². The maximum absolute atomic E-state index is 10.5. The van der Waals surface area contributed by atoms with E-state index in [-0.39, 0.29) is 5.92 Å². The Labute approximate surface area is 84.1 Å². The Morgan fingerprint density at radius 2 is 2.36 bits per heavy atom. The fourth-order valence-electron chi connectivity index (χ4n) is 1.24. The maximum atomic E-state index is 10.5. The molecular weight excluding hydrogens is 178 g/mol. The Morgan fingerprint density at radius 1 is 1.57 bits per heavy atom. The van der Waals surface area contributed by atoms with Gasteiger partial charge in [-0.1, -0.05) is 6.92 Å². The molecule has 1 atom stereocenters. The molecule has 0 N–H and O–H groups in total. The molecule has 0 aliphatic heterocycles. The molecule has 1 heterocycles. The second kappa shape index (κ2) is 5.37. The molecule has 1 unspecified atom stereocenters. The van der Waals surface area contributed by atoms with Gasteiger partial charge in [-0.15, -0.1) is 0 Å². The number of aldehydes is 1. The zero-order valence-electron chi connectivity index (χ0n) is 8.56. The molecular formula is C11H15NO2. The summed E-state index contributed by atoms with van der Waals surface area (Å²) in [5, 5.41) is 0. The number of rotatable bonds is 5. The van der Waals surface area contributed by atoms with Crippen LogP contribution in [-0.2, 0) is 11.2 Å². The van der Waals surface area contributed by atoms with Gasteiger partial charge in [-0.3, -0.25) is 4.98 Å². The van der Waals surface area contributed by atoms with E-state index in [1.54, 1.807) is 12.4 Å². The minimum atomic E-state index is 0.0358. The van der Waals surface area contributed by atoms with Gasteiger partial charge in [0.25, 0.3) is 0 Å². The van der Waals surface area contributed by atoms with Crippen LogP contribution in [0.4, 0.5) is 0 Å². The van der Waals surface area contributed by atoms with Gasteiger partial charge >= 0.3 is 0 Å². The number of hydrogen-bond acceptors (Lipinski definition) is 3. The third-order valence-electron chi connectivity index (χ3n) is 1.87. The number of hydrogen-bond donors (Lipinski definition) is 0. The van der Waals surface area contributed by atoms with E-state index in [2.05, 4.69) is 4.98 Å². The van der Waals surface area contributed by atoms with Crippen molar-refractivity contribution in [3.05, 3.63) is 24.0 Å². The molecule has 0 aliphatic carbocycles. The zero-order valence-corrected chi connectivity index (χ0v) is 8.56. The van der Waals surface area contributed by atoms with E-state index in [0.717, 1.165) is 24.0 Å². The van der Waals surface area contributed by atoms with Crippen LogP contribution in [0.15, 0.2) is 18.5 Å². The van der Waals surface area contributed by atoms with Crippen molar-refractivity contribution in [3.8, 4) is 5.75 Å². The SMILES string of the molecule is CCOc1cncc(CC(C)C=O)c1. The second-order valence-electron chi connectivity index (χ2n) is 3.28. The molecule has 0 saturated carbocycles. The fourth-order valence-corrected chi connectivity index (χ4v) is 1.24. The van der Waals surface area contributed by atoms with Gasteiger partial charge in [0.2, 0.25) is 0 Å². The quantitative estimate of drug-likeness (QED) is 0.670. The Kier molecular flexibility index (Phi) is 4.11. The van der Waals surface area contributed by atoms with Gasteiger partial charge in [0.15, 0.2) is 0 Å². The lowest BCUT2D eigenvalue weighted by molar-refractivity contribution is -0.110. The number of nitrogens with zero attached hydrogens (tertiary/aromatic N) is 1. The molecule has 1 aromatic rings. The van der Waals surface area contributed by atoms with Crippen LogP contribution < -0.4 is 4.74 Å². The highest BCUT2D eigenvalue weighted by Crippen LogP contribution is 2.13. The van der Waals surface area contributed by atoms with Crippen LogP contribution in [0, 0.1) is 5.92 Å². The molecule has 14 heavy (non-hydrogen) atoms. The summed E-state index contributed by atoms with van der Waals surface area (Å²) in [6, 6.07) is 1.93. The Bertz CT molecular complexity index is 299.